The van der Waals surface area contributed by atoms with Crippen LogP contribution in [0.3, 0.4) is 0 Å². The molecule has 0 saturated carbocycles. The van der Waals surface area contributed by atoms with Gasteiger partial charge in [-0.2, -0.15) is 5.26 Å². The average Bonchev–Trinajstić information content (AvgIpc) is 2.49. The summed E-state index contributed by atoms with van der Waals surface area (Å²) in [7, 11) is 1.46. The second-order valence-corrected chi connectivity index (χ2v) is 4.25. The van der Waals surface area contributed by atoms with Crippen LogP contribution in [0.4, 0.5) is 0 Å². The lowest BCUT2D eigenvalue weighted by Gasteiger charge is -2.12. The molecule has 0 radical (unpaired) electrons. The molecule has 1 aromatic rings. The van der Waals surface area contributed by atoms with Gasteiger partial charge in [0.1, 0.15) is 6.04 Å². The van der Waals surface area contributed by atoms with Crippen molar-refractivity contribution >= 4 is 18.0 Å². The van der Waals surface area contributed by atoms with E-state index < -0.39 is 17.9 Å². The fourth-order valence-electron chi connectivity index (χ4n) is 1.60. The van der Waals surface area contributed by atoms with Crippen molar-refractivity contribution in [1.29, 1.82) is 5.26 Å². The van der Waals surface area contributed by atoms with Crippen molar-refractivity contribution in [2.75, 3.05) is 13.7 Å². The van der Waals surface area contributed by atoms with Crippen LogP contribution >= 0.6 is 0 Å². The molecule has 0 bridgehead atoms. The molecule has 1 unspecified atom stereocenters. The van der Waals surface area contributed by atoms with Crippen LogP contribution in [-0.4, -0.2) is 36.7 Å². The number of aliphatic carboxylic acids is 1. The number of carbonyl (C=O) groups excluding carboxylic acids is 1. The lowest BCUT2D eigenvalue weighted by molar-refractivity contribution is -0.141. The van der Waals surface area contributed by atoms with Crippen molar-refractivity contribution in [1.82, 2.24) is 5.32 Å². The Morgan fingerprint density at radius 3 is 2.90 bits per heavy atom. The summed E-state index contributed by atoms with van der Waals surface area (Å²) < 4.78 is 4.80. The third-order valence-electron chi connectivity index (χ3n) is 2.67. The van der Waals surface area contributed by atoms with Crippen LogP contribution < -0.4 is 5.32 Å². The van der Waals surface area contributed by atoms with E-state index in [9.17, 15) is 9.59 Å². The van der Waals surface area contributed by atoms with Gasteiger partial charge in [0.25, 0.3) is 0 Å². The number of nitriles is 1. The van der Waals surface area contributed by atoms with Gasteiger partial charge in [-0.05, 0) is 23.8 Å². The molecule has 1 rings (SSSR count). The maximum Gasteiger partial charge on any atom is 0.326 e. The zero-order chi connectivity index (χ0) is 15.7. The molecule has 1 aromatic carbocycles. The van der Waals surface area contributed by atoms with Crippen molar-refractivity contribution in [3.05, 3.63) is 41.5 Å². The Morgan fingerprint density at radius 1 is 1.52 bits per heavy atom. The van der Waals surface area contributed by atoms with Gasteiger partial charge in [0, 0.05) is 26.2 Å². The molecule has 2 N–H and O–H groups in total. The van der Waals surface area contributed by atoms with Crippen LogP contribution in [0.1, 0.15) is 17.5 Å². The number of methoxy groups -OCH3 is 1. The maximum atomic E-state index is 11.7. The first-order chi connectivity index (χ1) is 10.1. The molecule has 0 spiro atoms. The number of nitrogens with zero attached hydrogens (tertiary/aromatic N) is 1. The van der Waals surface area contributed by atoms with Gasteiger partial charge in [-0.3, -0.25) is 4.79 Å². The van der Waals surface area contributed by atoms with Crippen LogP contribution in [-0.2, 0) is 14.3 Å². The summed E-state index contributed by atoms with van der Waals surface area (Å²) in [6.45, 7) is 0.241. The van der Waals surface area contributed by atoms with E-state index in [2.05, 4.69) is 5.32 Å². The van der Waals surface area contributed by atoms with E-state index in [-0.39, 0.29) is 13.0 Å². The summed E-state index contributed by atoms with van der Waals surface area (Å²) in [5.41, 5.74) is 1.18. The highest BCUT2D eigenvalue weighted by atomic mass is 16.5. The van der Waals surface area contributed by atoms with Gasteiger partial charge >= 0.3 is 5.97 Å². The fraction of sp³-hybridized carbons (Fsp3) is 0.267. The quantitative estimate of drug-likeness (QED) is 0.734. The van der Waals surface area contributed by atoms with Gasteiger partial charge in [-0.15, -0.1) is 0 Å². The summed E-state index contributed by atoms with van der Waals surface area (Å²) >= 11 is 0. The van der Waals surface area contributed by atoms with Crippen molar-refractivity contribution < 1.29 is 19.4 Å². The first kappa shape index (κ1) is 16.4. The number of benzene rings is 1. The molecule has 1 atom stereocenters. The Labute approximate surface area is 122 Å². The molecule has 0 aliphatic heterocycles. The summed E-state index contributed by atoms with van der Waals surface area (Å²) in [5, 5.41) is 20.1. The Hall–Kier alpha value is -2.65. The third-order valence-corrected chi connectivity index (χ3v) is 2.67. The SMILES string of the molecule is COCCC(NC(=O)C=Cc1cccc(C#N)c1)C(=O)O. The largest absolute Gasteiger partial charge is 0.480 e. The summed E-state index contributed by atoms with van der Waals surface area (Å²) in [4.78, 5) is 22.6. The molecule has 6 heteroatoms. The van der Waals surface area contributed by atoms with Crippen LogP contribution in [0.5, 0.6) is 0 Å². The predicted octanol–water partition coefficient (Wildman–Crippen LogP) is 1.18. The van der Waals surface area contributed by atoms with Gasteiger partial charge in [0.2, 0.25) is 5.91 Å². The van der Waals surface area contributed by atoms with Gasteiger partial charge < -0.3 is 15.2 Å². The molecule has 0 fully saturated rings. The zero-order valence-corrected chi connectivity index (χ0v) is 11.6. The zero-order valence-electron chi connectivity index (χ0n) is 11.6. The summed E-state index contributed by atoms with van der Waals surface area (Å²) in [6.07, 6.45) is 2.94. The number of nitrogens with one attached hydrogen (secondary N) is 1. The Morgan fingerprint density at radius 2 is 2.29 bits per heavy atom. The number of hydrogen-bond donors (Lipinski definition) is 2. The van der Waals surface area contributed by atoms with Crippen LogP contribution in [0, 0.1) is 11.3 Å². The highest BCUT2D eigenvalue weighted by molar-refractivity contribution is 5.94. The summed E-state index contributed by atoms with van der Waals surface area (Å²) in [6, 6.07) is 7.73. The van der Waals surface area contributed by atoms with Gasteiger partial charge in [-0.25, -0.2) is 4.79 Å². The average molecular weight is 288 g/mol. The van der Waals surface area contributed by atoms with Gasteiger partial charge in [0.05, 0.1) is 11.6 Å². The molecule has 0 heterocycles. The van der Waals surface area contributed by atoms with Crippen LogP contribution in [0.15, 0.2) is 30.3 Å². The monoisotopic (exact) mass is 288 g/mol. The number of carbonyl (C=O) groups is 2. The molecular weight excluding hydrogens is 272 g/mol. The predicted molar refractivity (Wildman–Crippen MR) is 76.3 cm³/mol. The molecule has 21 heavy (non-hydrogen) atoms. The summed E-state index contributed by atoms with van der Waals surface area (Å²) in [5.74, 6) is -1.62. The Balaban J connectivity index is 2.64. The minimum atomic E-state index is -1.11. The van der Waals surface area contributed by atoms with E-state index in [4.69, 9.17) is 15.1 Å². The molecule has 0 saturated heterocycles. The number of hydrogen-bond acceptors (Lipinski definition) is 4. The molecule has 0 aromatic heterocycles. The molecule has 0 aliphatic rings. The fourth-order valence-corrected chi connectivity index (χ4v) is 1.60. The number of amides is 1. The normalized spacial score (nSPS) is 11.8. The van der Waals surface area contributed by atoms with Crippen molar-refractivity contribution in [2.24, 2.45) is 0 Å². The van der Waals surface area contributed by atoms with Gasteiger partial charge in [0.15, 0.2) is 0 Å². The van der Waals surface area contributed by atoms with E-state index in [1.165, 1.54) is 19.3 Å². The number of carboxylic acids is 1. The van der Waals surface area contributed by atoms with Gasteiger partial charge in [-0.1, -0.05) is 12.1 Å². The first-order valence-corrected chi connectivity index (χ1v) is 6.27. The number of rotatable bonds is 7. The highest BCUT2D eigenvalue weighted by Crippen LogP contribution is 2.06. The van der Waals surface area contributed by atoms with Crippen molar-refractivity contribution in [2.45, 2.75) is 12.5 Å². The number of ether oxygens (including phenoxy) is 1. The van der Waals surface area contributed by atoms with E-state index >= 15 is 0 Å². The van der Waals surface area contributed by atoms with Crippen molar-refractivity contribution in [3.63, 3.8) is 0 Å². The molecule has 6 nitrogen and oxygen atoms in total. The van der Waals surface area contributed by atoms with E-state index in [0.717, 1.165) is 0 Å². The first-order valence-electron chi connectivity index (χ1n) is 6.27. The third kappa shape index (κ3) is 5.89. The minimum absolute atomic E-state index is 0.190. The smallest absolute Gasteiger partial charge is 0.326 e. The lowest BCUT2D eigenvalue weighted by atomic mass is 10.1. The maximum absolute atomic E-state index is 11.7. The molecule has 0 aliphatic carbocycles. The topological polar surface area (TPSA) is 99.4 Å². The standard InChI is InChI=1S/C15H16N2O4/c1-21-8-7-13(15(19)20)17-14(18)6-5-11-3-2-4-12(9-11)10-16/h2-6,9,13H,7-8H2,1H3,(H,17,18)(H,19,20). The molecule has 110 valence electrons. The van der Waals surface area contributed by atoms with Crippen molar-refractivity contribution in [3.8, 4) is 6.07 Å². The van der Waals surface area contributed by atoms with E-state index in [1.54, 1.807) is 24.3 Å². The van der Waals surface area contributed by atoms with Crippen LogP contribution in [0.25, 0.3) is 6.08 Å². The Kier molecular flexibility index (Phi) is 6.65. The highest BCUT2D eigenvalue weighted by Gasteiger charge is 2.18. The van der Waals surface area contributed by atoms with E-state index in [1.807, 2.05) is 6.07 Å². The molecular formula is C15H16N2O4. The lowest BCUT2D eigenvalue weighted by Crippen LogP contribution is -2.40. The number of carboxylic acid groups (broad SMARTS) is 1. The Bertz CT molecular complexity index is 575. The molecule has 1 amide bonds. The van der Waals surface area contributed by atoms with Crippen LogP contribution in [0.2, 0.25) is 0 Å². The second kappa shape index (κ2) is 8.51. The van der Waals surface area contributed by atoms with E-state index in [0.29, 0.717) is 11.1 Å². The second-order valence-electron chi connectivity index (χ2n) is 4.25. The minimum Gasteiger partial charge on any atom is -0.480 e.